The number of thiophene rings is 2. The molecule has 0 aliphatic heterocycles. The molecule has 0 atom stereocenters. The molecule has 306 valence electrons. The van der Waals surface area contributed by atoms with Crippen molar-refractivity contribution in [2.24, 2.45) is 0 Å². The van der Waals surface area contributed by atoms with Crippen molar-refractivity contribution in [3.05, 3.63) is 108 Å². The number of hydrogen-bond donors (Lipinski definition) is 0. The molecule has 3 aromatic carbocycles. The Kier molecular flexibility index (Phi) is 12.8. The molecule has 8 heteroatoms. The molecule has 0 unspecified atom stereocenters. The Hall–Kier alpha value is -4.71. The highest BCUT2D eigenvalue weighted by Gasteiger charge is 2.43. The van der Waals surface area contributed by atoms with E-state index in [2.05, 4.69) is 155 Å². The second kappa shape index (κ2) is 17.7. The second-order valence-electron chi connectivity index (χ2n) is 18.0. The molecule has 0 radical (unpaired) electrons. The van der Waals surface area contributed by atoms with Crippen molar-refractivity contribution in [1.29, 1.82) is 0 Å². The average Bonchev–Trinajstić information content (AvgIpc) is 3.91. The zero-order valence-electron chi connectivity index (χ0n) is 37.3. The van der Waals surface area contributed by atoms with E-state index in [4.69, 9.17) is 19.9 Å². The van der Waals surface area contributed by atoms with E-state index >= 15 is 0 Å². The van der Waals surface area contributed by atoms with Crippen LogP contribution in [-0.2, 0) is 0 Å². The van der Waals surface area contributed by atoms with Crippen molar-refractivity contribution in [2.75, 3.05) is 0 Å². The molecule has 7 rings (SSSR count). The Morgan fingerprint density at radius 3 is 0.950 bits per heavy atom. The minimum Gasteiger partial charge on any atom is -0.242 e. The summed E-state index contributed by atoms with van der Waals surface area (Å²) in [5.41, 5.74) is 20.2. The molecule has 0 aliphatic carbocycles. The van der Waals surface area contributed by atoms with E-state index in [-0.39, 0.29) is 0 Å². The van der Waals surface area contributed by atoms with Gasteiger partial charge in [-0.15, -0.1) is 33.8 Å². The number of nitrogens with zero attached hydrogens (tertiary/aromatic N) is 4. The maximum absolute atomic E-state index is 5.18. The SMILES string of the molecule is CC(C)[Si](C#Cc1nc2ccccc2nc1-c1ccc(-c2ccc(-c3ccc(-c4nc5ccccc5nc4C#C[Si](C(C)C)(C(C)C)C(C)C)s3)cc2)s1)(C(C)C)C(C)C. The predicted molar refractivity (Wildman–Crippen MR) is 266 cm³/mol. The van der Waals surface area contributed by atoms with Crippen LogP contribution < -0.4 is 0 Å². The molecule has 4 nitrogen and oxygen atoms in total. The summed E-state index contributed by atoms with van der Waals surface area (Å²) < 4.78 is 0. The molecular formula is C52H58N4S2Si2. The van der Waals surface area contributed by atoms with Crippen LogP contribution in [0.25, 0.3) is 64.1 Å². The number of benzene rings is 3. The van der Waals surface area contributed by atoms with Crippen molar-refractivity contribution < 1.29 is 0 Å². The van der Waals surface area contributed by atoms with E-state index in [1.165, 1.54) is 20.9 Å². The van der Waals surface area contributed by atoms with E-state index in [1.54, 1.807) is 22.7 Å². The Balaban J connectivity index is 1.22. The van der Waals surface area contributed by atoms with Crippen LogP contribution in [0.5, 0.6) is 0 Å². The monoisotopic (exact) mass is 858 g/mol. The van der Waals surface area contributed by atoms with Gasteiger partial charge in [0.2, 0.25) is 0 Å². The maximum atomic E-state index is 5.18. The van der Waals surface area contributed by atoms with Crippen molar-refractivity contribution in [3.63, 3.8) is 0 Å². The summed E-state index contributed by atoms with van der Waals surface area (Å²) in [5, 5.41) is 0. The first-order valence-corrected chi connectivity index (χ1v) is 27.7. The number of rotatable bonds is 10. The fraction of sp³-hybridized carbons (Fsp3) is 0.346. The van der Waals surface area contributed by atoms with Gasteiger partial charge in [0.25, 0.3) is 0 Å². The lowest BCUT2D eigenvalue weighted by molar-refractivity contribution is 0.838. The molecule has 0 saturated heterocycles. The molecular weight excluding hydrogens is 801 g/mol. The van der Waals surface area contributed by atoms with Gasteiger partial charge in [-0.1, -0.05) is 143 Å². The normalized spacial score (nSPS) is 12.3. The number of fused-ring (bicyclic) bond motifs is 2. The van der Waals surface area contributed by atoms with Crippen molar-refractivity contribution in [1.82, 2.24) is 19.9 Å². The highest BCUT2D eigenvalue weighted by Crippen LogP contribution is 2.43. The van der Waals surface area contributed by atoms with E-state index in [0.717, 1.165) is 54.6 Å². The lowest BCUT2D eigenvalue weighted by Gasteiger charge is -2.38. The first-order chi connectivity index (χ1) is 28.6. The summed E-state index contributed by atoms with van der Waals surface area (Å²) in [4.78, 5) is 25.1. The van der Waals surface area contributed by atoms with Crippen LogP contribution in [0.4, 0.5) is 0 Å². The van der Waals surface area contributed by atoms with Gasteiger partial charge in [0.05, 0.1) is 31.8 Å². The third-order valence-electron chi connectivity index (χ3n) is 12.8. The van der Waals surface area contributed by atoms with E-state index in [0.29, 0.717) is 33.2 Å². The lowest BCUT2D eigenvalue weighted by atomic mass is 10.1. The van der Waals surface area contributed by atoms with Gasteiger partial charge in [0.15, 0.2) is 0 Å². The van der Waals surface area contributed by atoms with Gasteiger partial charge in [-0.25, -0.2) is 19.9 Å². The van der Waals surface area contributed by atoms with Gasteiger partial charge in [0, 0.05) is 9.75 Å². The highest BCUT2D eigenvalue weighted by molar-refractivity contribution is 7.19. The molecule has 0 aliphatic rings. The number of hydrogen-bond acceptors (Lipinski definition) is 6. The van der Waals surface area contributed by atoms with Crippen LogP contribution in [0.2, 0.25) is 33.2 Å². The molecule has 60 heavy (non-hydrogen) atoms. The minimum absolute atomic E-state index is 0.536. The van der Waals surface area contributed by atoms with Gasteiger partial charge >= 0.3 is 0 Å². The summed E-state index contributed by atoms with van der Waals surface area (Å²) >= 11 is 3.50. The van der Waals surface area contributed by atoms with Crippen LogP contribution in [0.3, 0.4) is 0 Å². The Morgan fingerprint density at radius 2 is 0.650 bits per heavy atom. The zero-order valence-corrected chi connectivity index (χ0v) is 40.9. The first kappa shape index (κ1) is 43.4. The Morgan fingerprint density at radius 1 is 0.367 bits per heavy atom. The topological polar surface area (TPSA) is 51.6 Å². The minimum atomic E-state index is -1.97. The summed E-state index contributed by atoms with van der Waals surface area (Å²) in [5.74, 6) is 7.30. The van der Waals surface area contributed by atoms with Crippen molar-refractivity contribution >= 4 is 60.9 Å². The Labute approximate surface area is 368 Å². The molecule has 0 N–H and O–H groups in total. The molecule has 0 fully saturated rings. The van der Waals surface area contributed by atoms with Gasteiger partial charge in [-0.3, -0.25) is 0 Å². The maximum Gasteiger partial charge on any atom is 0.146 e. The van der Waals surface area contributed by atoms with Gasteiger partial charge < -0.3 is 0 Å². The van der Waals surface area contributed by atoms with Crippen molar-refractivity contribution in [2.45, 2.75) is 116 Å². The summed E-state index contributed by atoms with van der Waals surface area (Å²) in [6, 6.07) is 34.0. The summed E-state index contributed by atoms with van der Waals surface area (Å²) in [6.45, 7) is 28.2. The van der Waals surface area contributed by atoms with Gasteiger partial charge in [-0.05, 0) is 92.9 Å². The highest BCUT2D eigenvalue weighted by atomic mass is 32.1. The second-order valence-corrected chi connectivity index (χ2v) is 31.3. The van der Waals surface area contributed by atoms with Gasteiger partial charge in [-0.2, -0.15) is 0 Å². The predicted octanol–water partition coefficient (Wildman–Crippen LogP) is 15.5. The first-order valence-electron chi connectivity index (χ1n) is 21.6. The quantitative estimate of drug-likeness (QED) is 0.102. The average molecular weight is 859 g/mol. The zero-order chi connectivity index (χ0) is 42.9. The van der Waals surface area contributed by atoms with E-state index < -0.39 is 16.1 Å². The molecule has 4 aromatic heterocycles. The van der Waals surface area contributed by atoms with Crippen LogP contribution in [0.15, 0.2) is 97.1 Å². The fourth-order valence-corrected chi connectivity index (χ4v) is 22.2. The largest absolute Gasteiger partial charge is 0.242 e. The van der Waals surface area contributed by atoms with Crippen LogP contribution >= 0.6 is 22.7 Å². The molecule has 0 spiro atoms. The van der Waals surface area contributed by atoms with Crippen LogP contribution in [0.1, 0.15) is 94.5 Å². The van der Waals surface area contributed by atoms with Crippen LogP contribution in [0, 0.1) is 22.9 Å². The van der Waals surface area contributed by atoms with Gasteiger partial charge in [0.1, 0.15) is 38.9 Å². The standard InChI is InChI=1S/C52H58N4S2Si2/c1-33(2)59(34(3)4,35(5)6)31-29-45-51(55-43-19-15-13-17-41(43)53-45)49-27-25-47(57-49)39-21-23-40(24-22-39)48-26-28-50(58-48)52-46(54-42-18-14-16-20-44(42)56-52)30-32-60(36(7)8,37(9)10)38(11)12/h13-28,33-38H,1-12H3. The Bertz CT molecular complexity index is 2540. The lowest BCUT2D eigenvalue weighted by Crippen LogP contribution is -2.43. The fourth-order valence-electron chi connectivity index (χ4n) is 9.76. The molecule has 7 aromatic rings. The summed E-state index contributed by atoms with van der Waals surface area (Å²) in [6.07, 6.45) is 0. The molecule has 4 heterocycles. The number of aromatic nitrogens is 4. The smallest absolute Gasteiger partial charge is 0.146 e. The molecule has 0 amide bonds. The number of para-hydroxylation sites is 4. The van der Waals surface area contributed by atoms with E-state index in [9.17, 15) is 0 Å². The molecule has 0 bridgehead atoms. The third kappa shape index (κ3) is 8.20. The van der Waals surface area contributed by atoms with Crippen LogP contribution in [-0.4, -0.2) is 36.1 Å². The third-order valence-corrected chi connectivity index (χ3v) is 27.7. The summed E-state index contributed by atoms with van der Waals surface area (Å²) in [7, 11) is -3.95. The molecule has 0 saturated carbocycles. The van der Waals surface area contributed by atoms with Crippen molar-refractivity contribution in [3.8, 4) is 65.0 Å². The van der Waals surface area contributed by atoms with E-state index in [1.807, 2.05) is 48.5 Å².